The Morgan fingerprint density at radius 2 is 1.98 bits per heavy atom. The Labute approximate surface area is 240 Å². The zero-order chi connectivity index (χ0) is 29.2. The van der Waals surface area contributed by atoms with Crippen molar-refractivity contribution in [3.63, 3.8) is 0 Å². The molecule has 2 N–H and O–H groups in total. The number of nitrogens with one attached hydrogen (secondary N) is 1. The van der Waals surface area contributed by atoms with E-state index in [-0.39, 0.29) is 12.1 Å². The quantitative estimate of drug-likeness (QED) is 0.348. The molecule has 2 aliphatic carbocycles. The topological polar surface area (TPSA) is 104 Å². The lowest BCUT2D eigenvalue weighted by atomic mass is 9.82. The zero-order valence-electron chi connectivity index (χ0n) is 24.5. The van der Waals surface area contributed by atoms with E-state index in [1.54, 1.807) is 10.8 Å². The second-order valence-electron chi connectivity index (χ2n) is 11.7. The summed E-state index contributed by atoms with van der Waals surface area (Å²) >= 11 is 0. The van der Waals surface area contributed by atoms with E-state index in [1.165, 1.54) is 16.6 Å². The van der Waals surface area contributed by atoms with Crippen molar-refractivity contribution in [2.75, 3.05) is 36.9 Å². The summed E-state index contributed by atoms with van der Waals surface area (Å²) in [5.74, 6) is 0.765. The van der Waals surface area contributed by atoms with Crippen molar-refractivity contribution in [3.05, 3.63) is 76.9 Å². The lowest BCUT2D eigenvalue weighted by Gasteiger charge is -2.39. The average molecular weight is 554 g/mol. The van der Waals surface area contributed by atoms with E-state index in [1.807, 2.05) is 24.3 Å². The van der Waals surface area contributed by atoms with Crippen LogP contribution in [0.25, 0.3) is 16.9 Å². The minimum Gasteiger partial charge on any atom is -0.386 e. The Balaban J connectivity index is 1.24. The SMILES string of the molecule is [2H][C@@]1(O)c2nc(-n3c4nc(Nc5ccc(N6CCN(C)[C@@H](C)C6)cc5)ncc4c(=O)n3CC=C)ccc2CCC12CC2. The summed E-state index contributed by atoms with van der Waals surface area (Å²) in [5.41, 5.74) is 2.94. The number of piperazine rings is 1. The molecule has 1 saturated heterocycles. The van der Waals surface area contributed by atoms with Crippen LogP contribution in [0.2, 0.25) is 0 Å². The highest BCUT2D eigenvalue weighted by Crippen LogP contribution is 2.60. The van der Waals surface area contributed by atoms with Crippen LogP contribution in [-0.2, 0) is 13.0 Å². The van der Waals surface area contributed by atoms with Crippen molar-refractivity contribution in [1.29, 1.82) is 0 Å². The molecule has 1 aliphatic heterocycles. The van der Waals surface area contributed by atoms with Crippen molar-refractivity contribution in [2.24, 2.45) is 5.41 Å². The number of fused-ring (bicyclic) bond motifs is 2. The van der Waals surface area contributed by atoms with E-state index in [9.17, 15) is 9.90 Å². The third-order valence-corrected chi connectivity index (χ3v) is 9.06. The molecule has 0 amide bonds. The number of hydrogen-bond donors (Lipinski definition) is 2. The molecule has 4 heterocycles. The third-order valence-electron chi connectivity index (χ3n) is 9.06. The molecule has 2 atom stereocenters. The van der Waals surface area contributed by atoms with Gasteiger partial charge in [0.2, 0.25) is 5.95 Å². The normalized spacial score (nSPS) is 23.8. The van der Waals surface area contributed by atoms with E-state index >= 15 is 0 Å². The molecular weight excluding hydrogens is 516 g/mol. The maximum absolute atomic E-state index is 13.4. The van der Waals surface area contributed by atoms with Crippen LogP contribution in [0.3, 0.4) is 0 Å². The predicted octanol–water partition coefficient (Wildman–Crippen LogP) is 3.81. The molecule has 1 aromatic carbocycles. The first-order valence-corrected chi connectivity index (χ1v) is 14.4. The van der Waals surface area contributed by atoms with Gasteiger partial charge in [-0.1, -0.05) is 12.1 Å². The number of rotatable bonds is 6. The molecular formula is C31H36N8O2. The van der Waals surface area contributed by atoms with Gasteiger partial charge in [0.25, 0.3) is 5.56 Å². The maximum atomic E-state index is 13.4. The number of allylic oxidation sites excluding steroid dienone is 1. The molecule has 0 bridgehead atoms. The fraction of sp³-hybridized carbons (Fsp3) is 0.419. The Bertz CT molecular complexity index is 1740. The van der Waals surface area contributed by atoms with Gasteiger partial charge in [-0.25, -0.2) is 19.3 Å². The van der Waals surface area contributed by atoms with Gasteiger partial charge in [-0.3, -0.25) is 4.79 Å². The number of likely N-dealkylation sites (N-methyl/N-ethyl adjacent to an activating group) is 1. The molecule has 4 aromatic rings. The smallest absolute Gasteiger partial charge is 0.278 e. The van der Waals surface area contributed by atoms with Gasteiger partial charge in [0.15, 0.2) is 11.5 Å². The molecule has 10 nitrogen and oxygen atoms in total. The van der Waals surface area contributed by atoms with E-state index in [2.05, 4.69) is 52.8 Å². The second kappa shape index (κ2) is 9.81. The third kappa shape index (κ3) is 4.42. The standard InChI is InChI=1S/C31H36N8O2/c1-4-15-38-29(41)24-18-32-30(33-22-6-8-23(9-7-22)37-17-16-36(3)20(2)19-37)35-28(24)39(38)25-10-5-21-11-12-31(13-14-31)27(40)26(21)34-25/h4-10,18,20,27,40H,1,11-17,19H2,2-3H3,(H,32,33,35)/t20-,27+/m0/s1/i27D. The molecule has 3 aliphatic rings. The molecule has 41 heavy (non-hydrogen) atoms. The number of anilines is 3. The highest BCUT2D eigenvalue weighted by Gasteiger charge is 2.52. The Morgan fingerprint density at radius 1 is 1.17 bits per heavy atom. The monoisotopic (exact) mass is 553 g/mol. The van der Waals surface area contributed by atoms with Gasteiger partial charge < -0.3 is 20.2 Å². The van der Waals surface area contributed by atoms with E-state index in [4.69, 9.17) is 11.3 Å². The van der Waals surface area contributed by atoms with E-state index in [0.29, 0.717) is 34.5 Å². The van der Waals surface area contributed by atoms with Crippen molar-refractivity contribution in [3.8, 4) is 5.82 Å². The largest absolute Gasteiger partial charge is 0.386 e. The van der Waals surface area contributed by atoms with Crippen LogP contribution in [0.4, 0.5) is 17.3 Å². The summed E-state index contributed by atoms with van der Waals surface area (Å²) in [4.78, 5) is 32.2. The summed E-state index contributed by atoms with van der Waals surface area (Å²) in [6.45, 7) is 9.31. The van der Waals surface area contributed by atoms with Gasteiger partial charge >= 0.3 is 0 Å². The van der Waals surface area contributed by atoms with Gasteiger partial charge in [0.1, 0.15) is 11.5 Å². The molecule has 212 valence electrons. The van der Waals surface area contributed by atoms with Crippen LogP contribution in [0.15, 0.2) is 60.0 Å². The van der Waals surface area contributed by atoms with Gasteiger partial charge in [0, 0.05) is 48.7 Å². The van der Waals surface area contributed by atoms with Crippen LogP contribution < -0.4 is 15.8 Å². The predicted molar refractivity (Wildman–Crippen MR) is 160 cm³/mol. The minimum absolute atomic E-state index is 0.234. The molecule has 1 spiro atoms. The Morgan fingerprint density at radius 3 is 2.71 bits per heavy atom. The first kappa shape index (κ1) is 24.8. The Kier molecular flexibility index (Phi) is 5.92. The highest BCUT2D eigenvalue weighted by atomic mass is 16.3. The maximum Gasteiger partial charge on any atom is 0.278 e. The molecule has 10 heteroatoms. The first-order valence-electron chi connectivity index (χ1n) is 14.9. The van der Waals surface area contributed by atoms with Gasteiger partial charge in [-0.2, -0.15) is 4.98 Å². The number of pyridine rings is 1. The van der Waals surface area contributed by atoms with Crippen molar-refractivity contribution < 1.29 is 6.48 Å². The van der Waals surface area contributed by atoms with Crippen molar-refractivity contribution in [1.82, 2.24) is 29.2 Å². The molecule has 1 saturated carbocycles. The average Bonchev–Trinajstić information content (AvgIpc) is 3.73. The number of aryl methyl sites for hydroxylation is 1. The van der Waals surface area contributed by atoms with Gasteiger partial charge in [0.05, 0.1) is 13.6 Å². The molecule has 0 radical (unpaired) electrons. The first-order chi connectivity index (χ1) is 20.2. The van der Waals surface area contributed by atoms with Crippen molar-refractivity contribution in [2.45, 2.75) is 51.3 Å². The van der Waals surface area contributed by atoms with E-state index < -0.39 is 11.5 Å². The number of aliphatic hydroxyl groups is 1. The highest BCUT2D eigenvalue weighted by molar-refractivity contribution is 5.77. The molecule has 0 unspecified atom stereocenters. The summed E-state index contributed by atoms with van der Waals surface area (Å²) in [6.07, 6.45) is 4.61. The number of benzene rings is 1. The van der Waals surface area contributed by atoms with Crippen LogP contribution >= 0.6 is 0 Å². The number of hydrogen-bond acceptors (Lipinski definition) is 8. The second-order valence-corrected chi connectivity index (χ2v) is 11.7. The van der Waals surface area contributed by atoms with Gasteiger partial charge in [-0.15, -0.1) is 6.58 Å². The lowest BCUT2D eigenvalue weighted by Crippen LogP contribution is -2.50. The number of nitrogens with zero attached hydrogens (tertiary/aromatic N) is 7. The van der Waals surface area contributed by atoms with Crippen LogP contribution in [-0.4, -0.2) is 67.0 Å². The van der Waals surface area contributed by atoms with Crippen LogP contribution in [0.5, 0.6) is 0 Å². The van der Waals surface area contributed by atoms with Crippen LogP contribution in [0.1, 0.15) is 44.9 Å². The summed E-state index contributed by atoms with van der Waals surface area (Å²) in [7, 11) is 2.16. The zero-order valence-corrected chi connectivity index (χ0v) is 23.5. The van der Waals surface area contributed by atoms with Gasteiger partial charge in [-0.05, 0) is 75.5 Å². The Hall–Kier alpha value is -4.02. The summed E-state index contributed by atoms with van der Waals surface area (Å²) < 4.78 is 12.0. The molecule has 2 fully saturated rings. The summed E-state index contributed by atoms with van der Waals surface area (Å²) in [6, 6.07) is 12.4. The van der Waals surface area contributed by atoms with Crippen LogP contribution in [0, 0.1) is 5.41 Å². The fourth-order valence-electron chi connectivity index (χ4n) is 6.16. The molecule has 3 aromatic heterocycles. The van der Waals surface area contributed by atoms with E-state index in [0.717, 1.165) is 56.6 Å². The fourth-order valence-corrected chi connectivity index (χ4v) is 6.16. The summed E-state index contributed by atoms with van der Waals surface area (Å²) in [5, 5.41) is 14.9. The number of aromatic nitrogens is 5. The minimum atomic E-state index is -1.76. The lowest BCUT2D eigenvalue weighted by molar-refractivity contribution is 0.0734. The van der Waals surface area contributed by atoms with Crippen molar-refractivity contribution >= 4 is 28.4 Å². The molecule has 7 rings (SSSR count).